The van der Waals surface area contributed by atoms with E-state index in [2.05, 4.69) is 4.98 Å². The monoisotopic (exact) mass is 319 g/mol. The van der Waals surface area contributed by atoms with Crippen LogP contribution in [0.3, 0.4) is 0 Å². The number of benzene rings is 2. The van der Waals surface area contributed by atoms with Crippen LogP contribution in [0.5, 0.6) is 0 Å². The first-order valence-electron chi connectivity index (χ1n) is 7.40. The maximum absolute atomic E-state index is 13.7. The van der Waals surface area contributed by atoms with Gasteiger partial charge in [0.25, 0.3) is 0 Å². The third-order valence-corrected chi connectivity index (χ3v) is 4.02. The maximum Gasteiger partial charge on any atom is 0.194 e. The molecule has 0 saturated heterocycles. The molecular weight excluding hydrogens is 308 g/mol. The lowest BCUT2D eigenvalue weighted by Gasteiger charge is -2.09. The molecule has 2 aromatic carbocycles. The molecule has 1 heterocycles. The molecule has 0 amide bonds. The minimum atomic E-state index is -0.681. The van der Waals surface area contributed by atoms with Crippen LogP contribution in [-0.4, -0.2) is 10.8 Å². The fourth-order valence-corrected chi connectivity index (χ4v) is 3.07. The molecule has 2 nitrogen and oxygen atoms in total. The van der Waals surface area contributed by atoms with Crippen molar-refractivity contribution < 1.29 is 13.6 Å². The van der Waals surface area contributed by atoms with Crippen molar-refractivity contribution in [3.8, 4) is 0 Å². The van der Waals surface area contributed by atoms with Crippen LogP contribution in [0.1, 0.15) is 27.0 Å². The third-order valence-electron chi connectivity index (χ3n) is 4.02. The molecule has 1 aromatic heterocycles. The second kappa shape index (κ2) is 5.49. The van der Waals surface area contributed by atoms with Gasteiger partial charge in [-0.25, -0.2) is 8.78 Å². The Labute approximate surface area is 137 Å². The van der Waals surface area contributed by atoms with Gasteiger partial charge in [0.15, 0.2) is 5.78 Å². The maximum atomic E-state index is 13.7. The highest BCUT2D eigenvalue weighted by Crippen LogP contribution is 2.42. The van der Waals surface area contributed by atoms with E-state index in [1.165, 1.54) is 12.1 Å². The van der Waals surface area contributed by atoms with E-state index in [9.17, 15) is 13.6 Å². The summed E-state index contributed by atoms with van der Waals surface area (Å²) in [4.78, 5) is 16.9. The lowest BCUT2D eigenvalue weighted by Crippen LogP contribution is -1.98. The summed E-state index contributed by atoms with van der Waals surface area (Å²) in [6.07, 6.45) is 3.19. The van der Waals surface area contributed by atoms with E-state index >= 15 is 0 Å². The van der Waals surface area contributed by atoms with Crippen LogP contribution >= 0.6 is 0 Å². The van der Waals surface area contributed by atoms with Crippen molar-refractivity contribution in [3.05, 3.63) is 101 Å². The Kier molecular flexibility index (Phi) is 3.31. The van der Waals surface area contributed by atoms with Gasteiger partial charge in [-0.2, -0.15) is 0 Å². The fraction of sp³-hybridized carbons (Fsp3) is 0. The van der Waals surface area contributed by atoms with Crippen LogP contribution in [0, 0.1) is 11.6 Å². The summed E-state index contributed by atoms with van der Waals surface area (Å²) in [5.41, 5.74) is 3.10. The zero-order chi connectivity index (χ0) is 16.7. The average molecular weight is 319 g/mol. The standard InChI is InChI=1S/C20H11F2NO/c21-14-8-13(9-15(22)10-14)18-16-5-1-2-6-17(16)20(24)19(18)12-4-3-7-23-11-12/h1-11H. The molecule has 0 N–H and O–H groups in total. The number of carbonyl (C=O) groups excluding carboxylic acids is 1. The summed E-state index contributed by atoms with van der Waals surface area (Å²) in [5, 5.41) is 0. The molecular formula is C20H11F2NO. The van der Waals surface area contributed by atoms with Crippen LogP contribution in [0.4, 0.5) is 8.78 Å². The SMILES string of the molecule is O=C1C(c2cccnc2)=C(c2cc(F)cc(F)c2)c2ccccc21. The largest absolute Gasteiger partial charge is 0.289 e. The van der Waals surface area contributed by atoms with E-state index in [1.54, 1.807) is 48.8 Å². The third kappa shape index (κ3) is 2.24. The normalized spacial score (nSPS) is 13.3. The van der Waals surface area contributed by atoms with Gasteiger partial charge in [-0.3, -0.25) is 9.78 Å². The Balaban J connectivity index is 2.06. The summed E-state index contributed by atoms with van der Waals surface area (Å²) in [5.74, 6) is -1.53. The van der Waals surface area contributed by atoms with E-state index < -0.39 is 11.6 Å². The molecule has 0 bridgehead atoms. The quantitative estimate of drug-likeness (QED) is 0.695. The number of hydrogen-bond donors (Lipinski definition) is 0. The summed E-state index contributed by atoms with van der Waals surface area (Å²) in [6.45, 7) is 0. The zero-order valence-electron chi connectivity index (χ0n) is 12.5. The first-order valence-corrected chi connectivity index (χ1v) is 7.40. The Bertz CT molecular complexity index is 973. The van der Waals surface area contributed by atoms with Gasteiger partial charge in [0.1, 0.15) is 11.6 Å². The molecule has 0 atom stereocenters. The average Bonchev–Trinajstić information content (AvgIpc) is 2.88. The summed E-state index contributed by atoms with van der Waals surface area (Å²) < 4.78 is 27.4. The molecule has 0 unspecified atom stereocenters. The molecule has 0 saturated carbocycles. The Morgan fingerprint density at radius 1 is 0.750 bits per heavy atom. The predicted octanol–water partition coefficient (Wildman–Crippen LogP) is 4.52. The highest BCUT2D eigenvalue weighted by atomic mass is 19.1. The van der Waals surface area contributed by atoms with Crippen LogP contribution < -0.4 is 0 Å². The van der Waals surface area contributed by atoms with Gasteiger partial charge in [0.05, 0.1) is 0 Å². The van der Waals surface area contributed by atoms with E-state index in [-0.39, 0.29) is 5.78 Å². The number of allylic oxidation sites excluding steroid dienone is 1. The molecule has 1 aliphatic rings. The molecule has 4 rings (SSSR count). The van der Waals surface area contributed by atoms with Crippen molar-refractivity contribution in [3.63, 3.8) is 0 Å². The number of hydrogen-bond acceptors (Lipinski definition) is 2. The molecule has 0 aliphatic heterocycles. The van der Waals surface area contributed by atoms with Crippen LogP contribution in [-0.2, 0) is 0 Å². The molecule has 0 fully saturated rings. The van der Waals surface area contributed by atoms with Crippen molar-refractivity contribution in [2.45, 2.75) is 0 Å². The minimum absolute atomic E-state index is 0.168. The van der Waals surface area contributed by atoms with Crippen LogP contribution in [0.25, 0.3) is 11.1 Å². The van der Waals surface area contributed by atoms with Gasteiger partial charge in [-0.15, -0.1) is 0 Å². The Morgan fingerprint density at radius 3 is 2.12 bits per heavy atom. The van der Waals surface area contributed by atoms with E-state index in [1.807, 2.05) is 0 Å². The van der Waals surface area contributed by atoms with Crippen molar-refractivity contribution in [2.75, 3.05) is 0 Å². The van der Waals surface area contributed by atoms with Crippen molar-refractivity contribution in [2.24, 2.45) is 0 Å². The van der Waals surface area contributed by atoms with E-state index in [0.29, 0.717) is 33.4 Å². The van der Waals surface area contributed by atoms with Crippen molar-refractivity contribution >= 4 is 16.9 Å². The smallest absolute Gasteiger partial charge is 0.194 e. The van der Waals surface area contributed by atoms with Crippen molar-refractivity contribution in [1.82, 2.24) is 4.98 Å². The summed E-state index contributed by atoms with van der Waals surface area (Å²) >= 11 is 0. The number of rotatable bonds is 2. The molecule has 1 aliphatic carbocycles. The molecule has 0 spiro atoms. The number of Topliss-reactive ketones (excluding diaryl/α,β-unsaturated/α-hetero) is 1. The highest BCUT2D eigenvalue weighted by molar-refractivity contribution is 6.41. The second-order valence-electron chi connectivity index (χ2n) is 5.52. The van der Waals surface area contributed by atoms with Gasteiger partial charge < -0.3 is 0 Å². The number of halogens is 2. The molecule has 116 valence electrons. The number of aromatic nitrogens is 1. The first-order chi connectivity index (χ1) is 11.6. The van der Waals surface area contributed by atoms with Gasteiger partial charge in [-0.1, -0.05) is 30.3 Å². The van der Waals surface area contributed by atoms with E-state index in [4.69, 9.17) is 0 Å². The highest BCUT2D eigenvalue weighted by Gasteiger charge is 2.31. The number of ketones is 1. The molecule has 0 radical (unpaired) electrons. The second-order valence-corrected chi connectivity index (χ2v) is 5.52. The lowest BCUT2D eigenvalue weighted by atomic mass is 9.95. The minimum Gasteiger partial charge on any atom is -0.289 e. The Hall–Kier alpha value is -3.14. The predicted molar refractivity (Wildman–Crippen MR) is 87.3 cm³/mol. The van der Waals surface area contributed by atoms with Crippen LogP contribution in [0.15, 0.2) is 67.0 Å². The van der Waals surface area contributed by atoms with Gasteiger partial charge in [0.2, 0.25) is 0 Å². The topological polar surface area (TPSA) is 30.0 Å². The number of carbonyl (C=O) groups is 1. The number of fused-ring (bicyclic) bond motifs is 1. The molecule has 24 heavy (non-hydrogen) atoms. The zero-order valence-corrected chi connectivity index (χ0v) is 12.5. The Morgan fingerprint density at radius 2 is 1.46 bits per heavy atom. The van der Waals surface area contributed by atoms with Gasteiger partial charge in [0, 0.05) is 40.7 Å². The van der Waals surface area contributed by atoms with Gasteiger partial charge >= 0.3 is 0 Å². The summed E-state index contributed by atoms with van der Waals surface area (Å²) in [7, 11) is 0. The molecule has 3 aromatic rings. The summed E-state index contributed by atoms with van der Waals surface area (Å²) in [6, 6.07) is 13.9. The lowest BCUT2D eigenvalue weighted by molar-refractivity contribution is 0.105. The first kappa shape index (κ1) is 14.5. The number of nitrogens with zero attached hydrogens (tertiary/aromatic N) is 1. The van der Waals surface area contributed by atoms with Crippen molar-refractivity contribution in [1.29, 1.82) is 0 Å². The number of pyridine rings is 1. The van der Waals surface area contributed by atoms with Crippen LogP contribution in [0.2, 0.25) is 0 Å². The van der Waals surface area contributed by atoms with Gasteiger partial charge in [-0.05, 0) is 29.3 Å². The van der Waals surface area contributed by atoms with E-state index in [0.717, 1.165) is 6.07 Å². The molecule has 4 heteroatoms. The fourth-order valence-electron chi connectivity index (χ4n) is 3.07.